The van der Waals surface area contributed by atoms with Gasteiger partial charge in [0.05, 0.1) is 6.10 Å². The minimum Gasteiger partial charge on any atom is -0.377 e. The molecule has 0 amide bonds. The molecule has 0 spiro atoms. The first-order valence-corrected chi connectivity index (χ1v) is 9.01. The van der Waals surface area contributed by atoms with Crippen LogP contribution < -0.4 is 5.73 Å². The monoisotopic (exact) mass is 295 g/mol. The molecular weight excluding hydrogens is 262 g/mol. The normalized spacial score (nSPS) is 39.0. The summed E-state index contributed by atoms with van der Waals surface area (Å²) in [6.45, 7) is 9.74. The standard InChI is InChI=1S/C17H33N3O/c1-3-9-21-16-5-4-8-19(11-16)17(12-18)10-14(2)20(13-17)15-6-7-15/h14-16H,3-13,18H2,1-2H3. The van der Waals surface area contributed by atoms with E-state index in [0.29, 0.717) is 12.1 Å². The fourth-order valence-electron chi connectivity index (χ4n) is 4.42. The number of hydrogen-bond acceptors (Lipinski definition) is 4. The molecule has 0 aromatic heterocycles. The van der Waals surface area contributed by atoms with Crippen LogP contribution in [0.3, 0.4) is 0 Å². The lowest BCUT2D eigenvalue weighted by Crippen LogP contribution is -2.59. The Hall–Kier alpha value is -0.160. The van der Waals surface area contributed by atoms with Crippen LogP contribution in [-0.4, -0.2) is 66.3 Å². The van der Waals surface area contributed by atoms with Gasteiger partial charge in [0.1, 0.15) is 0 Å². The number of nitrogens with zero attached hydrogens (tertiary/aromatic N) is 2. The summed E-state index contributed by atoms with van der Waals surface area (Å²) in [5, 5.41) is 0. The van der Waals surface area contributed by atoms with Crippen LogP contribution in [0.4, 0.5) is 0 Å². The molecule has 4 nitrogen and oxygen atoms in total. The molecule has 122 valence electrons. The van der Waals surface area contributed by atoms with Crippen molar-refractivity contribution in [3.63, 3.8) is 0 Å². The first kappa shape index (κ1) is 15.7. The Labute approximate surface area is 130 Å². The first-order valence-electron chi connectivity index (χ1n) is 9.01. The van der Waals surface area contributed by atoms with E-state index in [4.69, 9.17) is 10.5 Å². The smallest absolute Gasteiger partial charge is 0.0702 e. The van der Waals surface area contributed by atoms with Crippen LogP contribution in [0, 0.1) is 0 Å². The van der Waals surface area contributed by atoms with Crippen molar-refractivity contribution < 1.29 is 4.74 Å². The summed E-state index contributed by atoms with van der Waals surface area (Å²) in [5.74, 6) is 0. The molecule has 3 atom stereocenters. The molecule has 2 aliphatic heterocycles. The number of piperidine rings is 1. The minimum absolute atomic E-state index is 0.205. The van der Waals surface area contributed by atoms with E-state index < -0.39 is 0 Å². The maximum atomic E-state index is 6.28. The maximum absolute atomic E-state index is 6.28. The molecule has 0 aromatic rings. The van der Waals surface area contributed by atoms with E-state index in [9.17, 15) is 0 Å². The predicted octanol–water partition coefficient (Wildman–Crippen LogP) is 1.83. The molecule has 3 unspecified atom stereocenters. The van der Waals surface area contributed by atoms with Gasteiger partial charge in [-0.3, -0.25) is 9.80 Å². The van der Waals surface area contributed by atoms with E-state index in [1.807, 2.05) is 0 Å². The van der Waals surface area contributed by atoms with Gasteiger partial charge in [0.2, 0.25) is 0 Å². The summed E-state index contributed by atoms with van der Waals surface area (Å²) in [4.78, 5) is 5.40. The average molecular weight is 295 g/mol. The quantitative estimate of drug-likeness (QED) is 0.812. The van der Waals surface area contributed by atoms with Crippen molar-refractivity contribution in [2.45, 2.75) is 76.1 Å². The third-order valence-electron chi connectivity index (χ3n) is 5.72. The zero-order chi connectivity index (χ0) is 14.9. The third-order valence-corrected chi connectivity index (χ3v) is 5.72. The molecule has 0 aromatic carbocycles. The SMILES string of the molecule is CCCOC1CCCN(C2(CN)CC(C)N(C3CC3)C2)C1. The molecule has 2 saturated heterocycles. The van der Waals surface area contributed by atoms with Crippen molar-refractivity contribution in [2.24, 2.45) is 5.73 Å². The highest BCUT2D eigenvalue weighted by atomic mass is 16.5. The zero-order valence-electron chi connectivity index (χ0n) is 13.9. The van der Waals surface area contributed by atoms with Crippen LogP contribution >= 0.6 is 0 Å². The fraction of sp³-hybridized carbons (Fsp3) is 1.00. The highest BCUT2D eigenvalue weighted by Crippen LogP contribution is 2.40. The summed E-state index contributed by atoms with van der Waals surface area (Å²) in [7, 11) is 0. The summed E-state index contributed by atoms with van der Waals surface area (Å²) in [6.07, 6.45) is 8.05. The summed E-state index contributed by atoms with van der Waals surface area (Å²) in [6, 6.07) is 1.54. The average Bonchev–Trinajstić information content (AvgIpc) is 3.29. The lowest BCUT2D eigenvalue weighted by Gasteiger charge is -2.45. The Bertz CT molecular complexity index is 347. The van der Waals surface area contributed by atoms with E-state index in [-0.39, 0.29) is 5.54 Å². The molecule has 0 radical (unpaired) electrons. The highest BCUT2D eigenvalue weighted by Gasteiger charge is 2.49. The van der Waals surface area contributed by atoms with Crippen LogP contribution in [-0.2, 0) is 4.74 Å². The van der Waals surface area contributed by atoms with Gasteiger partial charge in [-0.1, -0.05) is 6.92 Å². The van der Waals surface area contributed by atoms with Crippen LogP contribution in [0.25, 0.3) is 0 Å². The topological polar surface area (TPSA) is 41.7 Å². The Balaban J connectivity index is 1.64. The van der Waals surface area contributed by atoms with Gasteiger partial charge in [-0.05, 0) is 52.0 Å². The third kappa shape index (κ3) is 3.29. The zero-order valence-corrected chi connectivity index (χ0v) is 13.9. The van der Waals surface area contributed by atoms with Crippen molar-refractivity contribution in [3.8, 4) is 0 Å². The Morgan fingerprint density at radius 3 is 2.76 bits per heavy atom. The van der Waals surface area contributed by atoms with E-state index >= 15 is 0 Å². The van der Waals surface area contributed by atoms with Crippen LogP contribution in [0.1, 0.15) is 52.4 Å². The molecule has 3 rings (SSSR count). The van der Waals surface area contributed by atoms with Gasteiger partial charge in [-0.15, -0.1) is 0 Å². The fourth-order valence-corrected chi connectivity index (χ4v) is 4.42. The summed E-state index contributed by atoms with van der Waals surface area (Å²) >= 11 is 0. The van der Waals surface area contributed by atoms with Crippen molar-refractivity contribution in [1.29, 1.82) is 0 Å². The van der Waals surface area contributed by atoms with Gasteiger partial charge in [0, 0.05) is 43.9 Å². The Kier molecular flexibility index (Phi) is 4.89. The van der Waals surface area contributed by atoms with Crippen molar-refractivity contribution >= 4 is 0 Å². The second kappa shape index (κ2) is 6.53. The number of likely N-dealkylation sites (tertiary alicyclic amines) is 2. The molecule has 2 heterocycles. The minimum atomic E-state index is 0.205. The maximum Gasteiger partial charge on any atom is 0.0702 e. The summed E-state index contributed by atoms with van der Waals surface area (Å²) < 4.78 is 6.03. The summed E-state index contributed by atoms with van der Waals surface area (Å²) in [5.41, 5.74) is 6.49. The van der Waals surface area contributed by atoms with Gasteiger partial charge in [0.15, 0.2) is 0 Å². The van der Waals surface area contributed by atoms with Gasteiger partial charge < -0.3 is 10.5 Å². The largest absolute Gasteiger partial charge is 0.377 e. The molecule has 1 aliphatic carbocycles. The van der Waals surface area contributed by atoms with E-state index in [1.54, 1.807) is 0 Å². The second-order valence-electron chi connectivity index (χ2n) is 7.47. The Morgan fingerprint density at radius 1 is 1.29 bits per heavy atom. The molecular formula is C17H33N3O. The van der Waals surface area contributed by atoms with Gasteiger partial charge >= 0.3 is 0 Å². The molecule has 21 heavy (non-hydrogen) atoms. The Morgan fingerprint density at radius 2 is 2.10 bits per heavy atom. The van der Waals surface area contributed by atoms with Gasteiger partial charge in [-0.2, -0.15) is 0 Å². The number of nitrogens with two attached hydrogens (primary N) is 1. The van der Waals surface area contributed by atoms with Crippen LogP contribution in [0.5, 0.6) is 0 Å². The van der Waals surface area contributed by atoms with Gasteiger partial charge in [-0.25, -0.2) is 0 Å². The molecule has 3 fully saturated rings. The van der Waals surface area contributed by atoms with Gasteiger partial charge in [0.25, 0.3) is 0 Å². The van der Waals surface area contributed by atoms with E-state index in [1.165, 1.54) is 45.2 Å². The van der Waals surface area contributed by atoms with Crippen molar-refractivity contribution in [2.75, 3.05) is 32.8 Å². The number of ether oxygens (including phenoxy) is 1. The first-order chi connectivity index (χ1) is 10.2. The lowest BCUT2D eigenvalue weighted by atomic mass is 9.91. The lowest BCUT2D eigenvalue weighted by molar-refractivity contribution is -0.0341. The highest BCUT2D eigenvalue weighted by molar-refractivity contribution is 5.07. The molecule has 2 N–H and O–H groups in total. The molecule has 4 heteroatoms. The number of rotatable bonds is 6. The molecule has 0 bridgehead atoms. The predicted molar refractivity (Wildman–Crippen MR) is 86.4 cm³/mol. The van der Waals surface area contributed by atoms with E-state index in [2.05, 4.69) is 23.6 Å². The number of hydrogen-bond donors (Lipinski definition) is 1. The van der Waals surface area contributed by atoms with Crippen LogP contribution in [0.15, 0.2) is 0 Å². The molecule has 3 aliphatic rings. The molecule has 1 saturated carbocycles. The second-order valence-corrected chi connectivity index (χ2v) is 7.47. The van der Waals surface area contributed by atoms with Crippen molar-refractivity contribution in [3.05, 3.63) is 0 Å². The van der Waals surface area contributed by atoms with Crippen molar-refractivity contribution in [1.82, 2.24) is 9.80 Å². The van der Waals surface area contributed by atoms with Crippen LogP contribution in [0.2, 0.25) is 0 Å². The van der Waals surface area contributed by atoms with E-state index in [0.717, 1.165) is 32.2 Å².